The number of ether oxygens (including phenoxy) is 1. The molecule has 2 heteroatoms. The average Bonchev–Trinajstić information content (AvgIpc) is 2.49. The fourth-order valence-corrected chi connectivity index (χ4v) is 2.76. The van der Waals surface area contributed by atoms with Crippen LogP contribution in [0.25, 0.3) is 0 Å². The molecule has 2 aromatic carbocycles. The third kappa shape index (κ3) is 2.53. The first-order chi connectivity index (χ1) is 9.34. The zero-order chi connectivity index (χ0) is 13.1. The lowest BCUT2D eigenvalue weighted by atomic mass is 9.78. The monoisotopic (exact) mass is 252 g/mol. The number of cyclic esters (lactones) is 1. The minimum Gasteiger partial charge on any atom is -0.465 e. The number of carbonyl (C=O) groups excluding carboxylic acids is 1. The fourth-order valence-electron chi connectivity index (χ4n) is 2.76. The summed E-state index contributed by atoms with van der Waals surface area (Å²) >= 11 is 0. The molecule has 1 aliphatic rings. The van der Waals surface area contributed by atoms with Gasteiger partial charge in [-0.1, -0.05) is 60.7 Å². The molecule has 19 heavy (non-hydrogen) atoms. The highest BCUT2D eigenvalue weighted by molar-refractivity contribution is 5.72. The van der Waals surface area contributed by atoms with Crippen molar-refractivity contribution < 1.29 is 9.53 Å². The maximum atomic E-state index is 11.6. The third-order valence-electron chi connectivity index (χ3n) is 3.75. The van der Waals surface area contributed by atoms with E-state index in [4.69, 9.17) is 4.74 Å². The second kappa shape index (κ2) is 5.27. The molecule has 0 amide bonds. The molecule has 96 valence electrons. The first-order valence-electron chi connectivity index (χ1n) is 6.60. The Kier molecular flexibility index (Phi) is 3.32. The molecule has 2 atom stereocenters. The van der Waals surface area contributed by atoms with Crippen molar-refractivity contribution in [3.05, 3.63) is 71.8 Å². The van der Waals surface area contributed by atoms with Gasteiger partial charge < -0.3 is 4.74 Å². The zero-order valence-corrected chi connectivity index (χ0v) is 10.7. The molecule has 1 saturated heterocycles. The lowest BCUT2D eigenvalue weighted by Crippen LogP contribution is -2.27. The standard InChI is InChI=1S/C17H16O2/c18-17-11-15(13-7-3-1-4-8-13)16(12-19-17)14-9-5-2-6-10-14/h1-10,15-16H,11-12H2/t15-,16-/m0/s1. The van der Waals surface area contributed by atoms with Crippen molar-refractivity contribution in [2.75, 3.05) is 6.61 Å². The summed E-state index contributed by atoms with van der Waals surface area (Å²) in [6.45, 7) is 0.475. The van der Waals surface area contributed by atoms with Crippen molar-refractivity contribution in [1.29, 1.82) is 0 Å². The van der Waals surface area contributed by atoms with E-state index in [0.717, 1.165) is 0 Å². The van der Waals surface area contributed by atoms with E-state index in [-0.39, 0.29) is 17.8 Å². The topological polar surface area (TPSA) is 26.3 Å². The van der Waals surface area contributed by atoms with Gasteiger partial charge in [0.15, 0.2) is 0 Å². The Morgan fingerprint density at radius 1 is 0.789 bits per heavy atom. The van der Waals surface area contributed by atoms with Crippen LogP contribution in [0.1, 0.15) is 29.4 Å². The molecule has 0 saturated carbocycles. The molecule has 0 bridgehead atoms. The quantitative estimate of drug-likeness (QED) is 0.765. The van der Waals surface area contributed by atoms with Gasteiger partial charge in [0.1, 0.15) is 0 Å². The Labute approximate surface area is 113 Å². The summed E-state index contributed by atoms with van der Waals surface area (Å²) in [6, 6.07) is 20.5. The fraction of sp³-hybridized carbons (Fsp3) is 0.235. The number of hydrogen-bond acceptors (Lipinski definition) is 2. The molecule has 1 heterocycles. The Balaban J connectivity index is 1.95. The van der Waals surface area contributed by atoms with Crippen LogP contribution >= 0.6 is 0 Å². The SMILES string of the molecule is O=C1C[C@@H](c2ccccc2)[C@H](c2ccccc2)CO1. The van der Waals surface area contributed by atoms with Gasteiger partial charge in [-0.25, -0.2) is 0 Å². The molecule has 0 unspecified atom stereocenters. The molecule has 2 nitrogen and oxygen atoms in total. The maximum absolute atomic E-state index is 11.6. The van der Waals surface area contributed by atoms with Crippen molar-refractivity contribution in [1.82, 2.24) is 0 Å². The normalized spacial score (nSPS) is 22.8. The van der Waals surface area contributed by atoms with Crippen LogP contribution in [-0.4, -0.2) is 12.6 Å². The maximum Gasteiger partial charge on any atom is 0.306 e. The van der Waals surface area contributed by atoms with E-state index in [2.05, 4.69) is 24.3 Å². The van der Waals surface area contributed by atoms with Crippen LogP contribution in [0.5, 0.6) is 0 Å². The highest BCUT2D eigenvalue weighted by atomic mass is 16.5. The van der Waals surface area contributed by atoms with Crippen LogP contribution in [-0.2, 0) is 9.53 Å². The molecule has 3 rings (SSSR count). The summed E-state index contributed by atoms with van der Waals surface area (Å²) < 4.78 is 5.26. The van der Waals surface area contributed by atoms with E-state index in [1.54, 1.807) is 0 Å². The van der Waals surface area contributed by atoms with Gasteiger partial charge in [-0.2, -0.15) is 0 Å². The van der Waals surface area contributed by atoms with Gasteiger partial charge in [0.2, 0.25) is 0 Å². The predicted molar refractivity (Wildman–Crippen MR) is 73.9 cm³/mol. The molecule has 0 aliphatic carbocycles. The first kappa shape index (κ1) is 12.0. The molecular weight excluding hydrogens is 236 g/mol. The van der Waals surface area contributed by atoms with E-state index in [0.29, 0.717) is 13.0 Å². The summed E-state index contributed by atoms with van der Waals surface area (Å²) in [5.41, 5.74) is 2.46. The number of rotatable bonds is 2. The average molecular weight is 252 g/mol. The van der Waals surface area contributed by atoms with Gasteiger partial charge in [-0.15, -0.1) is 0 Å². The van der Waals surface area contributed by atoms with Crippen molar-refractivity contribution in [2.45, 2.75) is 18.3 Å². The van der Waals surface area contributed by atoms with Gasteiger partial charge >= 0.3 is 5.97 Å². The molecular formula is C17H16O2. The minimum absolute atomic E-state index is 0.0963. The highest BCUT2D eigenvalue weighted by Crippen LogP contribution is 2.38. The van der Waals surface area contributed by atoms with Crippen LogP contribution in [0.2, 0.25) is 0 Å². The minimum atomic E-state index is -0.0963. The first-order valence-corrected chi connectivity index (χ1v) is 6.60. The number of hydrogen-bond donors (Lipinski definition) is 0. The summed E-state index contributed by atoms with van der Waals surface area (Å²) in [7, 11) is 0. The van der Waals surface area contributed by atoms with Gasteiger partial charge in [0.25, 0.3) is 0 Å². The van der Waals surface area contributed by atoms with Gasteiger partial charge in [-0.05, 0) is 11.1 Å². The number of esters is 1. The van der Waals surface area contributed by atoms with Crippen LogP contribution < -0.4 is 0 Å². The van der Waals surface area contributed by atoms with E-state index in [9.17, 15) is 4.79 Å². The van der Waals surface area contributed by atoms with Gasteiger partial charge in [0, 0.05) is 11.8 Å². The summed E-state index contributed by atoms with van der Waals surface area (Å²) in [5.74, 6) is 0.368. The second-order valence-corrected chi connectivity index (χ2v) is 4.92. The third-order valence-corrected chi connectivity index (χ3v) is 3.75. The van der Waals surface area contributed by atoms with Gasteiger partial charge in [-0.3, -0.25) is 4.79 Å². The summed E-state index contributed by atoms with van der Waals surface area (Å²) in [6.07, 6.45) is 0.462. The molecule has 0 radical (unpaired) electrons. The molecule has 1 fully saturated rings. The predicted octanol–water partition coefficient (Wildman–Crippen LogP) is 3.50. The Morgan fingerprint density at radius 3 is 1.89 bits per heavy atom. The van der Waals surface area contributed by atoms with Crippen molar-refractivity contribution >= 4 is 5.97 Å². The number of benzene rings is 2. The van der Waals surface area contributed by atoms with Crippen LogP contribution in [0.15, 0.2) is 60.7 Å². The molecule has 1 aliphatic heterocycles. The Morgan fingerprint density at radius 2 is 1.32 bits per heavy atom. The van der Waals surface area contributed by atoms with Crippen molar-refractivity contribution in [3.8, 4) is 0 Å². The summed E-state index contributed by atoms with van der Waals surface area (Å²) in [5, 5.41) is 0. The molecule has 0 spiro atoms. The van der Waals surface area contributed by atoms with E-state index in [1.165, 1.54) is 11.1 Å². The van der Waals surface area contributed by atoms with Crippen LogP contribution in [0.3, 0.4) is 0 Å². The second-order valence-electron chi connectivity index (χ2n) is 4.92. The Hall–Kier alpha value is -2.09. The highest BCUT2D eigenvalue weighted by Gasteiger charge is 2.32. The lowest BCUT2D eigenvalue weighted by molar-refractivity contribution is -0.148. The van der Waals surface area contributed by atoms with Crippen LogP contribution in [0, 0.1) is 0 Å². The van der Waals surface area contributed by atoms with Crippen LogP contribution in [0.4, 0.5) is 0 Å². The van der Waals surface area contributed by atoms with Crippen molar-refractivity contribution in [2.24, 2.45) is 0 Å². The van der Waals surface area contributed by atoms with E-state index in [1.807, 2.05) is 36.4 Å². The zero-order valence-electron chi connectivity index (χ0n) is 10.7. The lowest BCUT2D eigenvalue weighted by Gasteiger charge is -2.31. The van der Waals surface area contributed by atoms with Crippen molar-refractivity contribution in [3.63, 3.8) is 0 Å². The summed E-state index contributed by atoms with van der Waals surface area (Å²) in [4.78, 5) is 11.6. The number of carbonyl (C=O) groups is 1. The molecule has 0 aromatic heterocycles. The van der Waals surface area contributed by atoms with Gasteiger partial charge in [0.05, 0.1) is 13.0 Å². The van der Waals surface area contributed by atoms with E-state index >= 15 is 0 Å². The molecule has 0 N–H and O–H groups in total. The largest absolute Gasteiger partial charge is 0.465 e. The smallest absolute Gasteiger partial charge is 0.306 e. The van der Waals surface area contributed by atoms with E-state index < -0.39 is 0 Å². The Bertz CT molecular complexity index is 548. The molecule has 2 aromatic rings.